The number of carbonyl (C=O) groups excluding carboxylic acids is 1. The summed E-state index contributed by atoms with van der Waals surface area (Å²) >= 11 is 0. The lowest BCUT2D eigenvalue weighted by atomic mass is 9.97. The Morgan fingerprint density at radius 2 is 1.74 bits per heavy atom. The summed E-state index contributed by atoms with van der Waals surface area (Å²) in [6.07, 6.45) is 1.95. The van der Waals surface area contributed by atoms with Crippen LogP contribution in [0, 0.1) is 5.92 Å². The van der Waals surface area contributed by atoms with E-state index in [9.17, 15) is 4.79 Å². The van der Waals surface area contributed by atoms with Crippen LogP contribution in [0.5, 0.6) is 11.5 Å². The van der Waals surface area contributed by atoms with Crippen LogP contribution in [-0.2, 0) is 11.3 Å². The van der Waals surface area contributed by atoms with Gasteiger partial charge in [0.25, 0.3) is 5.91 Å². The van der Waals surface area contributed by atoms with E-state index in [2.05, 4.69) is 12.1 Å². The minimum atomic E-state index is 0.0654. The molecule has 0 atom stereocenters. The molecule has 5 nitrogen and oxygen atoms in total. The van der Waals surface area contributed by atoms with Crippen molar-refractivity contribution in [2.75, 3.05) is 32.9 Å². The number of ether oxygens (including phenoxy) is 3. The van der Waals surface area contributed by atoms with E-state index in [0.717, 1.165) is 32.5 Å². The Balaban J connectivity index is 1.25. The van der Waals surface area contributed by atoms with Crippen molar-refractivity contribution in [1.29, 1.82) is 0 Å². The largest absolute Gasteiger partial charge is 0.486 e. The summed E-state index contributed by atoms with van der Waals surface area (Å²) in [4.78, 5) is 14.7. The zero-order valence-electron chi connectivity index (χ0n) is 15.4. The van der Waals surface area contributed by atoms with Crippen LogP contribution in [0.3, 0.4) is 0 Å². The number of hydrogen-bond acceptors (Lipinski definition) is 4. The van der Waals surface area contributed by atoms with E-state index < -0.39 is 0 Å². The highest BCUT2D eigenvalue weighted by Crippen LogP contribution is 2.31. The number of benzene rings is 2. The van der Waals surface area contributed by atoms with E-state index >= 15 is 0 Å². The molecule has 0 aromatic heterocycles. The lowest BCUT2D eigenvalue weighted by Gasteiger charge is -2.32. The molecule has 142 valence electrons. The Morgan fingerprint density at radius 3 is 2.52 bits per heavy atom. The van der Waals surface area contributed by atoms with Crippen molar-refractivity contribution >= 4 is 5.91 Å². The van der Waals surface area contributed by atoms with E-state index in [0.29, 0.717) is 42.8 Å². The molecule has 5 heteroatoms. The third kappa shape index (κ3) is 4.42. The van der Waals surface area contributed by atoms with Gasteiger partial charge in [0, 0.05) is 25.3 Å². The fourth-order valence-electron chi connectivity index (χ4n) is 3.58. The second-order valence-electron chi connectivity index (χ2n) is 7.09. The van der Waals surface area contributed by atoms with Crippen molar-refractivity contribution in [3.05, 3.63) is 59.7 Å². The van der Waals surface area contributed by atoms with Crippen LogP contribution < -0.4 is 9.47 Å². The van der Waals surface area contributed by atoms with Crippen molar-refractivity contribution in [2.45, 2.75) is 19.4 Å². The molecular formula is C22H25NO4. The van der Waals surface area contributed by atoms with Crippen LogP contribution in [0.4, 0.5) is 0 Å². The summed E-state index contributed by atoms with van der Waals surface area (Å²) < 4.78 is 17.0. The molecule has 0 N–H and O–H groups in total. The van der Waals surface area contributed by atoms with Crippen molar-refractivity contribution in [3.8, 4) is 11.5 Å². The second-order valence-corrected chi connectivity index (χ2v) is 7.09. The van der Waals surface area contributed by atoms with Crippen LogP contribution in [0.1, 0.15) is 28.8 Å². The molecule has 0 unspecified atom stereocenters. The van der Waals surface area contributed by atoms with E-state index in [1.807, 2.05) is 35.2 Å². The maximum atomic E-state index is 12.8. The van der Waals surface area contributed by atoms with Gasteiger partial charge in [-0.15, -0.1) is 0 Å². The lowest BCUT2D eigenvalue weighted by Crippen LogP contribution is -2.39. The molecule has 0 spiro atoms. The van der Waals surface area contributed by atoms with Crippen molar-refractivity contribution in [2.24, 2.45) is 5.92 Å². The summed E-state index contributed by atoms with van der Waals surface area (Å²) in [5.74, 6) is 1.96. The van der Waals surface area contributed by atoms with Gasteiger partial charge >= 0.3 is 0 Å². The third-order valence-electron chi connectivity index (χ3n) is 5.16. The average Bonchev–Trinajstić information content (AvgIpc) is 2.74. The fourth-order valence-corrected chi connectivity index (χ4v) is 3.58. The third-order valence-corrected chi connectivity index (χ3v) is 5.16. The first-order valence-electron chi connectivity index (χ1n) is 9.60. The van der Waals surface area contributed by atoms with Gasteiger partial charge in [-0.2, -0.15) is 0 Å². The molecule has 1 saturated heterocycles. The van der Waals surface area contributed by atoms with Gasteiger partial charge in [0.2, 0.25) is 0 Å². The molecule has 0 bridgehead atoms. The maximum Gasteiger partial charge on any atom is 0.253 e. The first-order chi connectivity index (χ1) is 13.3. The van der Waals surface area contributed by atoms with Crippen molar-refractivity contribution in [3.63, 3.8) is 0 Å². The summed E-state index contributed by atoms with van der Waals surface area (Å²) in [7, 11) is 0. The first-order valence-corrected chi connectivity index (χ1v) is 9.60. The highest BCUT2D eigenvalue weighted by molar-refractivity contribution is 5.95. The van der Waals surface area contributed by atoms with E-state index in [4.69, 9.17) is 14.2 Å². The molecular weight excluding hydrogens is 342 g/mol. The van der Waals surface area contributed by atoms with E-state index in [-0.39, 0.29) is 5.91 Å². The zero-order chi connectivity index (χ0) is 18.5. The summed E-state index contributed by atoms with van der Waals surface area (Å²) in [6, 6.07) is 15.7. The molecule has 2 aromatic carbocycles. The molecule has 1 amide bonds. The molecule has 2 aliphatic rings. The fraction of sp³-hybridized carbons (Fsp3) is 0.409. The van der Waals surface area contributed by atoms with E-state index in [1.165, 1.54) is 5.56 Å². The molecule has 2 aliphatic heterocycles. The van der Waals surface area contributed by atoms with Gasteiger partial charge in [-0.25, -0.2) is 0 Å². The van der Waals surface area contributed by atoms with Gasteiger partial charge in [0.05, 0.1) is 6.61 Å². The summed E-state index contributed by atoms with van der Waals surface area (Å²) in [5.41, 5.74) is 1.86. The molecule has 0 radical (unpaired) electrons. The molecule has 0 aliphatic carbocycles. The van der Waals surface area contributed by atoms with Crippen molar-refractivity contribution < 1.29 is 19.0 Å². The molecule has 4 rings (SSSR count). The summed E-state index contributed by atoms with van der Waals surface area (Å²) in [6.45, 7) is 4.02. The van der Waals surface area contributed by atoms with Crippen LogP contribution >= 0.6 is 0 Å². The lowest BCUT2D eigenvalue weighted by molar-refractivity contribution is 0.0478. The van der Waals surface area contributed by atoms with Gasteiger partial charge in [-0.05, 0) is 42.5 Å². The second kappa shape index (κ2) is 8.44. The first kappa shape index (κ1) is 17.9. The smallest absolute Gasteiger partial charge is 0.253 e. The maximum absolute atomic E-state index is 12.8. The molecule has 0 saturated carbocycles. The quantitative estimate of drug-likeness (QED) is 0.811. The number of nitrogens with zero attached hydrogens (tertiary/aromatic N) is 1. The Morgan fingerprint density at radius 1 is 1.00 bits per heavy atom. The highest BCUT2D eigenvalue weighted by Gasteiger charge is 2.25. The van der Waals surface area contributed by atoms with Crippen molar-refractivity contribution in [1.82, 2.24) is 4.90 Å². The number of carbonyl (C=O) groups is 1. The Bertz CT molecular complexity index is 769. The Hall–Kier alpha value is -2.53. The summed E-state index contributed by atoms with van der Waals surface area (Å²) in [5, 5.41) is 0. The number of fused-ring (bicyclic) bond motifs is 1. The Kier molecular flexibility index (Phi) is 5.58. The predicted molar refractivity (Wildman–Crippen MR) is 102 cm³/mol. The van der Waals surface area contributed by atoms with Gasteiger partial charge in [0.1, 0.15) is 13.2 Å². The van der Waals surface area contributed by atoms with Gasteiger partial charge in [-0.3, -0.25) is 4.79 Å². The average molecular weight is 367 g/mol. The SMILES string of the molecule is O=C(c1ccc2c(c1)OCCO2)N1CCC(COCc2ccccc2)CC1. The highest BCUT2D eigenvalue weighted by atomic mass is 16.6. The van der Waals surface area contributed by atoms with Gasteiger partial charge in [0.15, 0.2) is 11.5 Å². The number of amides is 1. The van der Waals surface area contributed by atoms with Gasteiger partial charge < -0.3 is 19.1 Å². The van der Waals surface area contributed by atoms with Crippen LogP contribution in [0.15, 0.2) is 48.5 Å². The molecule has 1 fully saturated rings. The minimum Gasteiger partial charge on any atom is -0.486 e. The Labute approximate surface area is 159 Å². The number of hydrogen-bond donors (Lipinski definition) is 0. The van der Waals surface area contributed by atoms with E-state index in [1.54, 1.807) is 6.07 Å². The monoisotopic (exact) mass is 367 g/mol. The number of likely N-dealkylation sites (tertiary alicyclic amines) is 1. The molecule has 2 aromatic rings. The number of piperidine rings is 1. The standard InChI is InChI=1S/C22H25NO4/c24-22(19-6-7-20-21(14-19)27-13-12-26-20)23-10-8-18(9-11-23)16-25-15-17-4-2-1-3-5-17/h1-7,14,18H,8-13,15-16H2. The minimum absolute atomic E-state index is 0.0654. The molecule has 27 heavy (non-hydrogen) atoms. The van der Waals surface area contributed by atoms with Crippen LogP contribution in [0.2, 0.25) is 0 Å². The van der Waals surface area contributed by atoms with Crippen LogP contribution in [0.25, 0.3) is 0 Å². The topological polar surface area (TPSA) is 48.0 Å². The van der Waals surface area contributed by atoms with Crippen LogP contribution in [-0.4, -0.2) is 43.7 Å². The van der Waals surface area contributed by atoms with Gasteiger partial charge in [-0.1, -0.05) is 30.3 Å². The predicted octanol–water partition coefficient (Wildman–Crippen LogP) is 3.53. The zero-order valence-corrected chi connectivity index (χ0v) is 15.4. The molecule has 2 heterocycles. The number of rotatable bonds is 5. The normalized spacial score (nSPS) is 17.0.